The highest BCUT2D eigenvalue weighted by Crippen LogP contribution is 2.33. The molecule has 0 aliphatic rings. The lowest BCUT2D eigenvalue weighted by Crippen LogP contribution is -2.27. The molecule has 2 rings (SSSR count). The van der Waals surface area contributed by atoms with Crippen molar-refractivity contribution in [2.75, 3.05) is 45.8 Å². The van der Waals surface area contributed by atoms with Gasteiger partial charge in [-0.3, -0.25) is 4.79 Å². The average molecular weight is 412 g/mol. The minimum Gasteiger partial charge on any atom is -0.383 e. The first-order valence-corrected chi connectivity index (χ1v) is 9.96. The molecule has 0 saturated carbocycles. The number of nitrogens with one attached hydrogen (secondary N) is 1. The largest absolute Gasteiger partial charge is 0.383 e. The molecule has 6 nitrogen and oxygen atoms in total. The molecule has 7 heteroatoms. The molecule has 0 atom stereocenters. The van der Waals surface area contributed by atoms with Gasteiger partial charge in [0.2, 0.25) is 0 Å². The summed E-state index contributed by atoms with van der Waals surface area (Å²) in [6.45, 7) is 2.08. The van der Waals surface area contributed by atoms with Crippen LogP contribution in [0, 0.1) is 11.3 Å². The zero-order valence-corrected chi connectivity index (χ0v) is 17.4. The Morgan fingerprint density at radius 1 is 1.07 bits per heavy atom. The quantitative estimate of drug-likeness (QED) is 0.448. The topological polar surface area (TPSA) is 74.6 Å². The Labute approximate surface area is 176 Å². The van der Waals surface area contributed by atoms with Crippen molar-refractivity contribution in [3.05, 3.63) is 66.4 Å². The number of methoxy groups -OCH3 is 2. The van der Waals surface area contributed by atoms with E-state index in [1.807, 2.05) is 65.6 Å². The molecule has 0 radical (unpaired) electrons. The minimum atomic E-state index is -0.451. The molecule has 0 fully saturated rings. The standard InChI is InChI=1S/C22H25N3O3S/c1-27-14-12-25(13-15-28-2)17-18(16-23)22(26)24-20-10-6-7-11-21(20)29-19-8-4-3-5-9-19/h3-11,17H,12-15H2,1-2H3,(H,24,26)/b18-17-. The van der Waals surface area contributed by atoms with Gasteiger partial charge in [0.25, 0.3) is 5.91 Å². The molecule has 0 bridgehead atoms. The molecule has 0 saturated heterocycles. The molecule has 0 aliphatic heterocycles. The normalized spacial score (nSPS) is 11.0. The Morgan fingerprint density at radius 3 is 2.31 bits per heavy atom. The number of nitriles is 1. The van der Waals surface area contributed by atoms with Crippen LogP contribution < -0.4 is 5.32 Å². The molecule has 0 spiro atoms. The zero-order valence-electron chi connectivity index (χ0n) is 16.6. The van der Waals surface area contributed by atoms with E-state index in [1.54, 1.807) is 32.2 Å². The van der Waals surface area contributed by atoms with E-state index in [-0.39, 0.29) is 5.57 Å². The first kappa shape index (κ1) is 22.5. The van der Waals surface area contributed by atoms with Gasteiger partial charge in [-0.15, -0.1) is 0 Å². The third-order valence-electron chi connectivity index (χ3n) is 3.95. The summed E-state index contributed by atoms with van der Waals surface area (Å²) in [6, 6.07) is 19.4. The maximum atomic E-state index is 12.7. The number of hydrogen-bond acceptors (Lipinski definition) is 6. The smallest absolute Gasteiger partial charge is 0.267 e. The second-order valence-corrected chi connectivity index (χ2v) is 7.16. The molecule has 2 aromatic carbocycles. The second kappa shape index (κ2) is 12.6. The van der Waals surface area contributed by atoms with Crippen LogP contribution in [0.4, 0.5) is 5.69 Å². The van der Waals surface area contributed by atoms with Crippen molar-refractivity contribution in [1.29, 1.82) is 5.26 Å². The highest BCUT2D eigenvalue weighted by Gasteiger charge is 2.14. The molecule has 29 heavy (non-hydrogen) atoms. The van der Waals surface area contributed by atoms with E-state index in [1.165, 1.54) is 0 Å². The van der Waals surface area contributed by atoms with Crippen molar-refractivity contribution in [3.63, 3.8) is 0 Å². The maximum absolute atomic E-state index is 12.7. The molecule has 0 heterocycles. The summed E-state index contributed by atoms with van der Waals surface area (Å²) in [5.41, 5.74) is 0.685. The summed E-state index contributed by atoms with van der Waals surface area (Å²) in [6.07, 6.45) is 1.56. The van der Waals surface area contributed by atoms with Crippen LogP contribution in [-0.2, 0) is 14.3 Å². The number of ether oxygens (including phenoxy) is 2. The monoisotopic (exact) mass is 411 g/mol. The van der Waals surface area contributed by atoms with Crippen LogP contribution in [0.3, 0.4) is 0 Å². The van der Waals surface area contributed by atoms with Crippen LogP contribution in [0.2, 0.25) is 0 Å². The molecule has 152 valence electrons. The number of hydrogen-bond donors (Lipinski definition) is 1. The van der Waals surface area contributed by atoms with Crippen molar-refractivity contribution in [3.8, 4) is 6.07 Å². The van der Waals surface area contributed by atoms with E-state index in [4.69, 9.17) is 9.47 Å². The molecule has 1 amide bonds. The third kappa shape index (κ3) is 7.62. The lowest BCUT2D eigenvalue weighted by molar-refractivity contribution is -0.112. The number of anilines is 1. The van der Waals surface area contributed by atoms with E-state index in [9.17, 15) is 10.1 Å². The summed E-state index contributed by atoms with van der Waals surface area (Å²) < 4.78 is 10.2. The van der Waals surface area contributed by atoms with Crippen LogP contribution in [-0.4, -0.2) is 51.3 Å². The first-order valence-electron chi connectivity index (χ1n) is 9.15. The van der Waals surface area contributed by atoms with Crippen LogP contribution in [0.5, 0.6) is 0 Å². The third-order valence-corrected chi connectivity index (χ3v) is 5.03. The van der Waals surface area contributed by atoms with Gasteiger partial charge in [-0.05, 0) is 24.3 Å². The Morgan fingerprint density at radius 2 is 1.69 bits per heavy atom. The molecule has 1 N–H and O–H groups in total. The van der Waals surface area contributed by atoms with Crippen LogP contribution in [0.1, 0.15) is 0 Å². The molecule has 0 unspecified atom stereocenters. The van der Waals surface area contributed by atoms with Gasteiger partial charge in [0.15, 0.2) is 0 Å². The predicted molar refractivity (Wildman–Crippen MR) is 115 cm³/mol. The first-order chi connectivity index (χ1) is 14.2. The molecule has 2 aromatic rings. The van der Waals surface area contributed by atoms with Gasteiger partial charge in [-0.25, -0.2) is 0 Å². The van der Waals surface area contributed by atoms with Gasteiger partial charge in [0, 0.05) is 43.3 Å². The number of rotatable bonds is 11. The van der Waals surface area contributed by atoms with E-state index >= 15 is 0 Å². The van der Waals surface area contributed by atoms with Crippen molar-refractivity contribution >= 4 is 23.4 Å². The van der Waals surface area contributed by atoms with Crippen molar-refractivity contribution in [2.24, 2.45) is 0 Å². The number of benzene rings is 2. The lowest BCUT2D eigenvalue weighted by atomic mass is 10.2. The van der Waals surface area contributed by atoms with Crippen molar-refractivity contribution in [1.82, 2.24) is 4.90 Å². The summed E-state index contributed by atoms with van der Waals surface area (Å²) in [4.78, 5) is 16.5. The highest BCUT2D eigenvalue weighted by atomic mass is 32.2. The lowest BCUT2D eigenvalue weighted by Gasteiger charge is -2.20. The van der Waals surface area contributed by atoms with E-state index in [0.29, 0.717) is 32.0 Å². The van der Waals surface area contributed by atoms with Crippen LogP contribution in [0.25, 0.3) is 0 Å². The van der Waals surface area contributed by atoms with Crippen LogP contribution in [0.15, 0.2) is 76.2 Å². The summed E-state index contributed by atoms with van der Waals surface area (Å²) >= 11 is 1.55. The SMILES string of the molecule is COCCN(/C=C(/C#N)C(=O)Nc1ccccc1Sc1ccccc1)CCOC. The summed E-state index contributed by atoms with van der Waals surface area (Å²) in [5.74, 6) is -0.451. The number of nitrogens with zero attached hydrogens (tertiary/aromatic N) is 2. The Bertz CT molecular complexity index is 842. The maximum Gasteiger partial charge on any atom is 0.267 e. The van der Waals surface area contributed by atoms with Crippen LogP contribution >= 0.6 is 11.8 Å². The van der Waals surface area contributed by atoms with E-state index in [0.717, 1.165) is 9.79 Å². The van der Waals surface area contributed by atoms with Gasteiger partial charge < -0.3 is 19.7 Å². The average Bonchev–Trinajstić information content (AvgIpc) is 2.75. The summed E-state index contributed by atoms with van der Waals surface area (Å²) in [7, 11) is 3.22. The number of amides is 1. The Balaban J connectivity index is 2.15. The summed E-state index contributed by atoms with van der Waals surface area (Å²) in [5, 5.41) is 12.4. The molecular formula is C22H25N3O3S. The zero-order chi connectivity index (χ0) is 20.9. The number of carbonyl (C=O) groups is 1. The highest BCUT2D eigenvalue weighted by molar-refractivity contribution is 7.99. The van der Waals surface area contributed by atoms with Crippen molar-refractivity contribution < 1.29 is 14.3 Å². The van der Waals surface area contributed by atoms with Gasteiger partial charge >= 0.3 is 0 Å². The fraction of sp³-hybridized carbons (Fsp3) is 0.273. The predicted octanol–water partition coefficient (Wildman–Crippen LogP) is 3.78. The Kier molecular flexibility index (Phi) is 9.80. The van der Waals surface area contributed by atoms with Gasteiger partial charge in [0.05, 0.1) is 18.9 Å². The van der Waals surface area contributed by atoms with Gasteiger partial charge in [-0.1, -0.05) is 42.1 Å². The Hall–Kier alpha value is -2.79. The minimum absolute atomic E-state index is 0.0247. The molecular weight excluding hydrogens is 386 g/mol. The number of para-hydroxylation sites is 1. The molecule has 0 aliphatic carbocycles. The fourth-order valence-corrected chi connectivity index (χ4v) is 3.37. The van der Waals surface area contributed by atoms with Gasteiger partial charge in [0.1, 0.15) is 11.6 Å². The second-order valence-electron chi connectivity index (χ2n) is 6.04. The number of carbonyl (C=O) groups excluding carboxylic acids is 1. The fourth-order valence-electron chi connectivity index (χ4n) is 2.44. The van der Waals surface area contributed by atoms with E-state index in [2.05, 4.69) is 5.32 Å². The van der Waals surface area contributed by atoms with E-state index < -0.39 is 5.91 Å². The molecule has 0 aromatic heterocycles. The van der Waals surface area contributed by atoms with Crippen molar-refractivity contribution in [2.45, 2.75) is 9.79 Å². The van der Waals surface area contributed by atoms with Gasteiger partial charge in [-0.2, -0.15) is 5.26 Å².